The van der Waals surface area contributed by atoms with Crippen LogP contribution in [0.3, 0.4) is 0 Å². The lowest BCUT2D eigenvalue weighted by Crippen LogP contribution is -2.38. The Kier molecular flexibility index (Phi) is 7.13. The van der Waals surface area contributed by atoms with Gasteiger partial charge in [-0.05, 0) is 73.5 Å². The summed E-state index contributed by atoms with van der Waals surface area (Å²) < 4.78 is 33.2. The van der Waals surface area contributed by atoms with E-state index in [9.17, 15) is 13.2 Å². The number of rotatable bonds is 8. The van der Waals surface area contributed by atoms with Crippen molar-refractivity contribution >= 4 is 38.1 Å². The van der Waals surface area contributed by atoms with Crippen LogP contribution in [0.5, 0.6) is 5.75 Å². The Hall–Kier alpha value is -3.76. The van der Waals surface area contributed by atoms with Gasteiger partial charge in [0.2, 0.25) is 11.0 Å². The number of methoxy groups -OCH3 is 1. The Morgan fingerprint density at radius 3 is 2.34 bits per heavy atom. The van der Waals surface area contributed by atoms with Gasteiger partial charge < -0.3 is 4.74 Å². The third-order valence-electron chi connectivity index (χ3n) is 5.41. The fourth-order valence-corrected chi connectivity index (χ4v) is 5.53. The second kappa shape index (κ2) is 10.2. The number of benzene rings is 3. The quantitative estimate of drug-likeness (QED) is 0.371. The second-order valence-electron chi connectivity index (χ2n) is 7.78. The van der Waals surface area contributed by atoms with E-state index < -0.39 is 22.5 Å². The molecule has 0 radical (unpaired) electrons. The second-order valence-corrected chi connectivity index (χ2v) is 10.6. The minimum absolute atomic E-state index is 0.101. The van der Waals surface area contributed by atoms with Crippen molar-refractivity contribution in [2.24, 2.45) is 0 Å². The van der Waals surface area contributed by atoms with Crippen LogP contribution in [0.2, 0.25) is 0 Å². The van der Waals surface area contributed by atoms with Crippen LogP contribution < -0.4 is 14.4 Å². The van der Waals surface area contributed by atoms with E-state index in [1.54, 1.807) is 37.4 Å². The summed E-state index contributed by atoms with van der Waals surface area (Å²) in [5, 5.41) is 11.7. The van der Waals surface area contributed by atoms with E-state index in [4.69, 9.17) is 4.74 Å². The molecule has 1 aromatic heterocycles. The molecule has 0 aliphatic carbocycles. The molecule has 1 heterocycles. The summed E-state index contributed by atoms with van der Waals surface area (Å²) in [5.41, 5.74) is 3.18. The zero-order valence-corrected chi connectivity index (χ0v) is 21.1. The van der Waals surface area contributed by atoms with Crippen LogP contribution in [0, 0.1) is 13.8 Å². The number of aryl methyl sites for hydroxylation is 2. The van der Waals surface area contributed by atoms with Crippen molar-refractivity contribution < 1.29 is 17.9 Å². The molecule has 0 fully saturated rings. The van der Waals surface area contributed by atoms with Crippen molar-refractivity contribution in [1.29, 1.82) is 0 Å². The maximum atomic E-state index is 13.5. The highest BCUT2D eigenvalue weighted by molar-refractivity contribution is 7.92. The fraction of sp³-hybridized carbons (Fsp3) is 0.160. The van der Waals surface area contributed by atoms with E-state index in [1.807, 2.05) is 44.2 Å². The van der Waals surface area contributed by atoms with Gasteiger partial charge in [-0.15, -0.1) is 10.2 Å². The Balaban J connectivity index is 1.58. The fourth-order valence-electron chi connectivity index (χ4n) is 3.33. The van der Waals surface area contributed by atoms with Crippen molar-refractivity contribution in [3.63, 3.8) is 0 Å². The molecule has 4 rings (SSSR count). The summed E-state index contributed by atoms with van der Waals surface area (Å²) in [4.78, 5) is 13.1. The van der Waals surface area contributed by atoms with Gasteiger partial charge in [0.25, 0.3) is 10.0 Å². The van der Waals surface area contributed by atoms with Crippen LogP contribution in [0.4, 0.5) is 10.8 Å². The van der Waals surface area contributed by atoms with E-state index in [1.165, 1.54) is 23.5 Å². The van der Waals surface area contributed by atoms with E-state index >= 15 is 0 Å². The average molecular weight is 509 g/mol. The lowest BCUT2D eigenvalue weighted by molar-refractivity contribution is -0.114. The zero-order valence-electron chi connectivity index (χ0n) is 19.4. The molecule has 0 aliphatic rings. The summed E-state index contributed by atoms with van der Waals surface area (Å²) in [5.74, 6) is 0.193. The topological polar surface area (TPSA) is 101 Å². The molecular weight excluding hydrogens is 484 g/mol. The molecule has 1 N–H and O–H groups in total. The monoisotopic (exact) mass is 508 g/mol. The molecule has 35 heavy (non-hydrogen) atoms. The maximum Gasteiger partial charge on any atom is 0.264 e. The number of hydrogen-bond donors (Lipinski definition) is 1. The molecule has 0 saturated carbocycles. The van der Waals surface area contributed by atoms with E-state index in [-0.39, 0.29) is 10.0 Å². The first kappa shape index (κ1) is 24.4. The third-order valence-corrected chi connectivity index (χ3v) is 8.08. The molecule has 4 aromatic rings. The molecule has 3 aromatic carbocycles. The van der Waals surface area contributed by atoms with Crippen LogP contribution in [-0.4, -0.2) is 38.2 Å². The standard InChI is InChI=1S/C25H24N4O4S2/c1-17-9-12-20(15-18(17)2)29(35(31,32)22-7-5-4-6-8-22)16-23(30)26-25-28-27-24(34-25)19-10-13-21(33-3)14-11-19/h4-15H,16H2,1-3H3,(H,26,28,30). The molecule has 180 valence electrons. The summed E-state index contributed by atoms with van der Waals surface area (Å²) >= 11 is 1.20. The van der Waals surface area contributed by atoms with Crippen molar-refractivity contribution in [3.05, 3.63) is 83.9 Å². The number of amides is 1. The lowest BCUT2D eigenvalue weighted by atomic mass is 10.1. The number of anilines is 2. The summed E-state index contributed by atoms with van der Waals surface area (Å²) in [6.07, 6.45) is 0. The number of nitrogens with zero attached hydrogens (tertiary/aromatic N) is 3. The van der Waals surface area contributed by atoms with Gasteiger partial charge >= 0.3 is 0 Å². The van der Waals surface area contributed by atoms with Crippen molar-refractivity contribution in [1.82, 2.24) is 10.2 Å². The number of sulfonamides is 1. The van der Waals surface area contributed by atoms with Gasteiger partial charge in [-0.2, -0.15) is 0 Å². The van der Waals surface area contributed by atoms with E-state index in [2.05, 4.69) is 15.5 Å². The molecule has 0 aliphatic heterocycles. The third kappa shape index (κ3) is 5.50. The Bertz CT molecular complexity index is 1440. The van der Waals surface area contributed by atoms with Crippen LogP contribution in [-0.2, 0) is 14.8 Å². The number of hydrogen-bond acceptors (Lipinski definition) is 7. The highest BCUT2D eigenvalue weighted by Crippen LogP contribution is 2.29. The van der Waals surface area contributed by atoms with Crippen molar-refractivity contribution in [2.75, 3.05) is 23.3 Å². The number of ether oxygens (including phenoxy) is 1. The zero-order chi connectivity index (χ0) is 25.0. The van der Waals surface area contributed by atoms with Gasteiger partial charge in [0.15, 0.2) is 0 Å². The number of carbonyl (C=O) groups excluding carboxylic acids is 1. The van der Waals surface area contributed by atoms with Crippen LogP contribution in [0.1, 0.15) is 11.1 Å². The van der Waals surface area contributed by atoms with Gasteiger partial charge in [-0.3, -0.25) is 14.4 Å². The summed E-state index contributed by atoms with van der Waals surface area (Å²) in [6.45, 7) is 3.42. The molecule has 0 unspecified atom stereocenters. The average Bonchev–Trinajstić information content (AvgIpc) is 3.33. The van der Waals surface area contributed by atoms with Crippen LogP contribution >= 0.6 is 11.3 Å². The van der Waals surface area contributed by atoms with E-state index in [0.29, 0.717) is 10.7 Å². The first-order chi connectivity index (χ1) is 16.8. The largest absolute Gasteiger partial charge is 0.497 e. The van der Waals surface area contributed by atoms with E-state index in [0.717, 1.165) is 26.7 Å². The van der Waals surface area contributed by atoms with Crippen molar-refractivity contribution in [2.45, 2.75) is 18.7 Å². The highest BCUT2D eigenvalue weighted by atomic mass is 32.2. The smallest absolute Gasteiger partial charge is 0.264 e. The van der Waals surface area contributed by atoms with Gasteiger partial charge in [0.05, 0.1) is 17.7 Å². The van der Waals surface area contributed by atoms with Crippen LogP contribution in [0.15, 0.2) is 77.7 Å². The number of nitrogens with one attached hydrogen (secondary N) is 1. The van der Waals surface area contributed by atoms with Gasteiger partial charge in [-0.1, -0.05) is 35.6 Å². The molecule has 1 amide bonds. The summed E-state index contributed by atoms with van der Waals surface area (Å²) in [6, 6.07) is 20.7. The predicted octanol–water partition coefficient (Wildman–Crippen LogP) is 4.66. The Labute approximate surface area is 208 Å². The maximum absolute atomic E-state index is 13.5. The molecule has 0 atom stereocenters. The predicted molar refractivity (Wildman–Crippen MR) is 137 cm³/mol. The molecule has 10 heteroatoms. The minimum Gasteiger partial charge on any atom is -0.497 e. The van der Waals surface area contributed by atoms with Gasteiger partial charge in [0, 0.05) is 5.56 Å². The molecular formula is C25H24N4O4S2. The summed E-state index contributed by atoms with van der Waals surface area (Å²) in [7, 11) is -2.40. The Morgan fingerprint density at radius 1 is 0.971 bits per heavy atom. The number of aromatic nitrogens is 2. The minimum atomic E-state index is -3.99. The number of carbonyl (C=O) groups is 1. The molecule has 0 saturated heterocycles. The SMILES string of the molecule is COc1ccc(-c2nnc(NC(=O)CN(c3ccc(C)c(C)c3)S(=O)(=O)c3ccccc3)s2)cc1. The highest BCUT2D eigenvalue weighted by Gasteiger charge is 2.27. The van der Waals surface area contributed by atoms with Gasteiger partial charge in [-0.25, -0.2) is 8.42 Å². The van der Waals surface area contributed by atoms with Crippen LogP contribution in [0.25, 0.3) is 10.6 Å². The lowest BCUT2D eigenvalue weighted by Gasteiger charge is -2.24. The normalized spacial score (nSPS) is 11.2. The molecule has 0 spiro atoms. The molecule has 8 nitrogen and oxygen atoms in total. The van der Waals surface area contributed by atoms with Gasteiger partial charge in [0.1, 0.15) is 17.3 Å². The Morgan fingerprint density at radius 2 is 1.69 bits per heavy atom. The molecule has 0 bridgehead atoms. The first-order valence-electron chi connectivity index (χ1n) is 10.7. The van der Waals surface area contributed by atoms with Crippen molar-refractivity contribution in [3.8, 4) is 16.3 Å². The first-order valence-corrected chi connectivity index (χ1v) is 13.0.